The average Bonchev–Trinajstić information content (AvgIpc) is 3.00. The van der Waals surface area contributed by atoms with Gasteiger partial charge in [0.05, 0.1) is 17.4 Å². The number of piperidine rings is 1. The Hall–Kier alpha value is -2.44. The fraction of sp³-hybridized carbons (Fsp3) is 0.438. The van der Waals surface area contributed by atoms with Gasteiger partial charge in [0.15, 0.2) is 0 Å². The molecule has 2 N–H and O–H groups in total. The summed E-state index contributed by atoms with van der Waals surface area (Å²) in [4.78, 5) is 32.0. The molecular formula is C16H18FN3O3. The van der Waals surface area contributed by atoms with Crippen molar-refractivity contribution in [1.82, 2.24) is 14.9 Å². The van der Waals surface area contributed by atoms with Crippen molar-refractivity contribution in [3.63, 3.8) is 0 Å². The topological polar surface area (TPSA) is 86.3 Å². The molecule has 1 aromatic heterocycles. The molecule has 1 saturated heterocycles. The normalized spacial score (nSPS) is 18.3. The Morgan fingerprint density at radius 2 is 2.26 bits per heavy atom. The molecule has 1 unspecified atom stereocenters. The smallest absolute Gasteiger partial charge is 0.303 e. The highest BCUT2D eigenvalue weighted by Gasteiger charge is 2.26. The molecule has 3 rings (SSSR count). The molecule has 122 valence electrons. The van der Waals surface area contributed by atoms with Crippen LogP contribution in [0, 0.1) is 11.7 Å². The second-order valence-electron chi connectivity index (χ2n) is 5.94. The van der Waals surface area contributed by atoms with Gasteiger partial charge in [-0.05, 0) is 37.3 Å². The summed E-state index contributed by atoms with van der Waals surface area (Å²) in [7, 11) is 0. The minimum absolute atomic E-state index is 0.107. The van der Waals surface area contributed by atoms with Crippen LogP contribution in [0.3, 0.4) is 0 Å². The highest BCUT2D eigenvalue weighted by Crippen LogP contribution is 2.25. The van der Waals surface area contributed by atoms with Gasteiger partial charge in [0.25, 0.3) is 5.91 Å². The standard InChI is InChI=1S/C16H18FN3O3/c17-11-6-12(15-13(7-11)18-9-19-15)16(23)20-5-1-2-10(8-20)3-4-14(21)22/h6-7,9-10H,1-5,8H2,(H,18,19)(H,21,22). The number of carboxylic acid groups (broad SMARTS) is 1. The van der Waals surface area contributed by atoms with Crippen molar-refractivity contribution in [2.75, 3.05) is 13.1 Å². The SMILES string of the molecule is O=C(O)CCC1CCCN(C(=O)c2cc(F)cc3[nH]cnc23)C1. The van der Waals surface area contributed by atoms with Crippen molar-refractivity contribution in [1.29, 1.82) is 0 Å². The number of hydrogen-bond acceptors (Lipinski definition) is 3. The van der Waals surface area contributed by atoms with Gasteiger partial charge in [0, 0.05) is 19.5 Å². The van der Waals surface area contributed by atoms with E-state index < -0.39 is 11.8 Å². The van der Waals surface area contributed by atoms with Gasteiger partial charge in [0.2, 0.25) is 0 Å². The molecule has 0 saturated carbocycles. The number of amides is 1. The van der Waals surface area contributed by atoms with E-state index in [2.05, 4.69) is 9.97 Å². The van der Waals surface area contributed by atoms with Gasteiger partial charge in [-0.15, -0.1) is 0 Å². The largest absolute Gasteiger partial charge is 0.481 e. The summed E-state index contributed by atoms with van der Waals surface area (Å²) in [6.07, 6.45) is 3.84. The predicted molar refractivity (Wildman–Crippen MR) is 81.5 cm³/mol. The molecule has 1 fully saturated rings. The number of rotatable bonds is 4. The molecule has 1 aromatic carbocycles. The molecule has 6 nitrogen and oxygen atoms in total. The number of carbonyl (C=O) groups excluding carboxylic acids is 1. The van der Waals surface area contributed by atoms with Crippen LogP contribution in [0.2, 0.25) is 0 Å². The fourth-order valence-electron chi connectivity index (χ4n) is 3.16. The number of aromatic nitrogens is 2. The molecule has 0 spiro atoms. The highest BCUT2D eigenvalue weighted by atomic mass is 19.1. The van der Waals surface area contributed by atoms with E-state index in [1.807, 2.05) is 0 Å². The number of halogens is 1. The van der Waals surface area contributed by atoms with Crippen molar-refractivity contribution in [3.05, 3.63) is 29.8 Å². The Balaban J connectivity index is 1.78. The first-order valence-corrected chi connectivity index (χ1v) is 7.68. The van der Waals surface area contributed by atoms with Gasteiger partial charge in [-0.1, -0.05) is 0 Å². The molecule has 0 aliphatic carbocycles. The summed E-state index contributed by atoms with van der Waals surface area (Å²) in [6.45, 7) is 1.11. The van der Waals surface area contributed by atoms with Crippen LogP contribution in [0.1, 0.15) is 36.0 Å². The number of aromatic amines is 1. The number of H-pyrrole nitrogens is 1. The van der Waals surface area contributed by atoms with Crippen LogP contribution in [0.15, 0.2) is 18.5 Å². The van der Waals surface area contributed by atoms with E-state index in [0.717, 1.165) is 12.8 Å². The monoisotopic (exact) mass is 319 g/mol. The second kappa shape index (κ2) is 6.36. The van der Waals surface area contributed by atoms with Crippen LogP contribution >= 0.6 is 0 Å². The van der Waals surface area contributed by atoms with Gasteiger partial charge in [-0.25, -0.2) is 9.37 Å². The summed E-state index contributed by atoms with van der Waals surface area (Å²) in [5.74, 6) is -1.38. The Kier molecular flexibility index (Phi) is 4.27. The highest BCUT2D eigenvalue weighted by molar-refractivity contribution is 6.04. The van der Waals surface area contributed by atoms with Crippen LogP contribution < -0.4 is 0 Å². The van der Waals surface area contributed by atoms with Crippen molar-refractivity contribution >= 4 is 22.9 Å². The van der Waals surface area contributed by atoms with Gasteiger partial charge in [-0.2, -0.15) is 0 Å². The maximum atomic E-state index is 13.7. The number of benzene rings is 1. The van der Waals surface area contributed by atoms with Crippen molar-refractivity contribution in [3.8, 4) is 0 Å². The minimum Gasteiger partial charge on any atom is -0.481 e. The van der Waals surface area contributed by atoms with Crippen LogP contribution in [-0.4, -0.2) is 44.9 Å². The number of hydrogen-bond donors (Lipinski definition) is 2. The molecule has 2 heterocycles. The zero-order chi connectivity index (χ0) is 16.4. The number of carboxylic acids is 1. The summed E-state index contributed by atoms with van der Waals surface area (Å²) < 4.78 is 13.7. The summed E-state index contributed by atoms with van der Waals surface area (Å²) in [5, 5.41) is 8.79. The predicted octanol–water partition coefficient (Wildman–Crippen LogP) is 2.42. The first kappa shape index (κ1) is 15.5. The Bertz CT molecular complexity index is 743. The number of imidazole rings is 1. The molecule has 0 bridgehead atoms. The van der Waals surface area contributed by atoms with Gasteiger partial charge >= 0.3 is 5.97 Å². The third-order valence-electron chi connectivity index (χ3n) is 4.29. The molecule has 1 aliphatic heterocycles. The maximum Gasteiger partial charge on any atom is 0.303 e. The first-order valence-electron chi connectivity index (χ1n) is 7.68. The van der Waals surface area contributed by atoms with E-state index in [9.17, 15) is 14.0 Å². The molecule has 0 radical (unpaired) electrons. The zero-order valence-corrected chi connectivity index (χ0v) is 12.6. The average molecular weight is 319 g/mol. The number of fused-ring (bicyclic) bond motifs is 1. The Morgan fingerprint density at radius 1 is 1.43 bits per heavy atom. The number of aliphatic carboxylic acids is 1. The third-order valence-corrected chi connectivity index (χ3v) is 4.29. The van der Waals surface area contributed by atoms with Gasteiger partial charge < -0.3 is 15.0 Å². The molecule has 2 aromatic rings. The van der Waals surface area contributed by atoms with Crippen molar-refractivity contribution < 1.29 is 19.1 Å². The van der Waals surface area contributed by atoms with E-state index in [1.54, 1.807) is 4.90 Å². The van der Waals surface area contributed by atoms with Crippen molar-refractivity contribution in [2.45, 2.75) is 25.7 Å². The molecule has 1 amide bonds. The minimum atomic E-state index is -0.822. The Labute approximate surface area is 132 Å². The number of carbonyl (C=O) groups is 2. The first-order chi connectivity index (χ1) is 11.0. The third kappa shape index (κ3) is 3.33. The quantitative estimate of drug-likeness (QED) is 0.906. The summed E-state index contributed by atoms with van der Waals surface area (Å²) >= 11 is 0. The van der Waals surface area contributed by atoms with E-state index >= 15 is 0 Å². The van der Waals surface area contributed by atoms with E-state index in [-0.39, 0.29) is 23.8 Å². The fourth-order valence-corrected chi connectivity index (χ4v) is 3.16. The second-order valence-corrected chi connectivity index (χ2v) is 5.94. The molecule has 1 aliphatic rings. The summed E-state index contributed by atoms with van der Waals surface area (Å²) in [5.41, 5.74) is 1.21. The number of likely N-dealkylation sites (tertiary alicyclic amines) is 1. The van der Waals surface area contributed by atoms with E-state index in [0.29, 0.717) is 30.5 Å². The van der Waals surface area contributed by atoms with Crippen LogP contribution in [0.25, 0.3) is 11.0 Å². The number of nitrogens with zero attached hydrogens (tertiary/aromatic N) is 2. The van der Waals surface area contributed by atoms with Crippen LogP contribution in [0.4, 0.5) is 4.39 Å². The van der Waals surface area contributed by atoms with E-state index in [4.69, 9.17) is 5.11 Å². The zero-order valence-electron chi connectivity index (χ0n) is 12.6. The van der Waals surface area contributed by atoms with Crippen molar-refractivity contribution in [2.24, 2.45) is 5.92 Å². The maximum absolute atomic E-state index is 13.7. The lowest BCUT2D eigenvalue weighted by atomic mass is 9.93. The molecule has 1 atom stereocenters. The van der Waals surface area contributed by atoms with Gasteiger partial charge in [-0.3, -0.25) is 9.59 Å². The lowest BCUT2D eigenvalue weighted by Crippen LogP contribution is -2.40. The van der Waals surface area contributed by atoms with Crippen LogP contribution in [0.5, 0.6) is 0 Å². The van der Waals surface area contributed by atoms with E-state index in [1.165, 1.54) is 18.5 Å². The van der Waals surface area contributed by atoms with Crippen LogP contribution in [-0.2, 0) is 4.79 Å². The lowest BCUT2D eigenvalue weighted by molar-refractivity contribution is -0.137. The Morgan fingerprint density at radius 3 is 3.04 bits per heavy atom. The molecule has 7 heteroatoms. The van der Waals surface area contributed by atoms with Gasteiger partial charge in [0.1, 0.15) is 11.3 Å². The number of nitrogens with one attached hydrogen (secondary N) is 1. The molecular weight excluding hydrogens is 301 g/mol. The lowest BCUT2D eigenvalue weighted by Gasteiger charge is -2.32. The summed E-state index contributed by atoms with van der Waals surface area (Å²) in [6, 6.07) is 2.53. The molecule has 23 heavy (non-hydrogen) atoms.